The summed E-state index contributed by atoms with van der Waals surface area (Å²) in [6, 6.07) is 3.20. The van der Waals surface area contributed by atoms with Crippen molar-refractivity contribution >= 4 is 46.0 Å². The summed E-state index contributed by atoms with van der Waals surface area (Å²) in [7, 11) is 0. The van der Waals surface area contributed by atoms with Crippen LogP contribution in [0.5, 0.6) is 0 Å². The number of nitriles is 1. The number of benzene rings is 1. The standard InChI is InChI=1S/C13H6Cl3F3N2OS/c1-23(22)10-5-21(12(16)7(10)4-20)11-8(14)2-6(3-9(11)15)13(17,18)19/h2-3,5H,1H3. The van der Waals surface area contributed by atoms with Crippen molar-refractivity contribution in [2.75, 3.05) is 6.26 Å². The number of hydrogen-bond donors (Lipinski definition) is 0. The molecule has 2 rings (SSSR count). The molecular weight excluding hydrogens is 396 g/mol. The summed E-state index contributed by atoms with van der Waals surface area (Å²) in [4.78, 5) is 0.129. The molecule has 1 atom stereocenters. The molecule has 1 unspecified atom stereocenters. The zero-order valence-electron chi connectivity index (χ0n) is 11.2. The quantitative estimate of drug-likeness (QED) is 0.660. The average Bonchev–Trinajstić information content (AvgIpc) is 2.74. The average molecular weight is 402 g/mol. The fraction of sp³-hybridized carbons (Fsp3) is 0.154. The van der Waals surface area contributed by atoms with Gasteiger partial charge >= 0.3 is 6.18 Å². The largest absolute Gasteiger partial charge is 0.612 e. The van der Waals surface area contributed by atoms with Crippen molar-refractivity contribution in [2.24, 2.45) is 0 Å². The van der Waals surface area contributed by atoms with Crippen LogP contribution in [0.2, 0.25) is 15.2 Å². The monoisotopic (exact) mass is 400 g/mol. The molecule has 0 aliphatic rings. The molecule has 1 aromatic heterocycles. The third kappa shape index (κ3) is 3.42. The Kier molecular flexibility index (Phi) is 5.14. The lowest BCUT2D eigenvalue weighted by Crippen LogP contribution is -2.06. The van der Waals surface area contributed by atoms with Crippen molar-refractivity contribution in [3.05, 3.63) is 44.7 Å². The molecule has 0 fully saturated rings. The summed E-state index contributed by atoms with van der Waals surface area (Å²) in [5, 5.41) is 8.35. The van der Waals surface area contributed by atoms with E-state index in [2.05, 4.69) is 0 Å². The number of aromatic nitrogens is 1. The van der Waals surface area contributed by atoms with Crippen LogP contribution in [0.25, 0.3) is 5.69 Å². The van der Waals surface area contributed by atoms with Crippen molar-refractivity contribution in [2.45, 2.75) is 11.1 Å². The summed E-state index contributed by atoms with van der Waals surface area (Å²) in [5.41, 5.74) is -1.10. The summed E-state index contributed by atoms with van der Waals surface area (Å²) < 4.78 is 51.1. The molecule has 23 heavy (non-hydrogen) atoms. The first kappa shape index (κ1) is 18.3. The second kappa shape index (κ2) is 6.46. The van der Waals surface area contributed by atoms with Gasteiger partial charge in [-0.2, -0.15) is 18.4 Å². The van der Waals surface area contributed by atoms with Gasteiger partial charge in [-0.1, -0.05) is 34.8 Å². The molecular formula is C13H6Cl3F3N2OS. The van der Waals surface area contributed by atoms with Gasteiger partial charge in [0.15, 0.2) is 4.90 Å². The van der Waals surface area contributed by atoms with Gasteiger partial charge in [0.2, 0.25) is 0 Å². The lowest BCUT2D eigenvalue weighted by atomic mass is 10.2. The van der Waals surface area contributed by atoms with Crippen molar-refractivity contribution in [1.82, 2.24) is 4.57 Å². The van der Waals surface area contributed by atoms with Crippen LogP contribution in [0.15, 0.2) is 23.2 Å². The van der Waals surface area contributed by atoms with Crippen LogP contribution in [0.1, 0.15) is 11.1 Å². The predicted octanol–water partition coefficient (Wildman–Crippen LogP) is 5.07. The Hall–Kier alpha value is -1.04. The Morgan fingerprint density at radius 3 is 2.09 bits per heavy atom. The first-order valence-electron chi connectivity index (χ1n) is 5.79. The summed E-state index contributed by atoms with van der Waals surface area (Å²) in [6.45, 7) is 0. The predicted molar refractivity (Wildman–Crippen MR) is 82.8 cm³/mol. The maximum Gasteiger partial charge on any atom is 0.416 e. The zero-order chi connectivity index (χ0) is 17.5. The smallest absolute Gasteiger partial charge is 0.416 e. The van der Waals surface area contributed by atoms with Gasteiger partial charge in [0, 0.05) is 0 Å². The van der Waals surface area contributed by atoms with Crippen LogP contribution in [0, 0.1) is 11.3 Å². The molecule has 0 radical (unpaired) electrons. The highest BCUT2D eigenvalue weighted by molar-refractivity contribution is 7.90. The minimum absolute atomic E-state index is 0.0282. The normalized spacial score (nSPS) is 13.0. The Balaban J connectivity index is 2.72. The Bertz CT molecular complexity index is 789. The van der Waals surface area contributed by atoms with E-state index in [-0.39, 0.29) is 31.3 Å². The first-order chi connectivity index (χ1) is 10.6. The maximum absolute atomic E-state index is 12.8. The Morgan fingerprint density at radius 1 is 1.22 bits per heavy atom. The van der Waals surface area contributed by atoms with E-state index in [1.54, 1.807) is 6.07 Å². The van der Waals surface area contributed by atoms with Crippen molar-refractivity contribution < 1.29 is 17.7 Å². The second-order valence-corrected chi connectivity index (χ2v) is 6.90. The van der Waals surface area contributed by atoms with Gasteiger partial charge in [0.25, 0.3) is 0 Å². The highest BCUT2D eigenvalue weighted by atomic mass is 35.5. The minimum atomic E-state index is -4.61. The van der Waals surface area contributed by atoms with E-state index < -0.39 is 22.9 Å². The lowest BCUT2D eigenvalue weighted by molar-refractivity contribution is -0.137. The van der Waals surface area contributed by atoms with Crippen LogP contribution < -0.4 is 0 Å². The van der Waals surface area contributed by atoms with E-state index in [9.17, 15) is 17.7 Å². The molecule has 0 amide bonds. The van der Waals surface area contributed by atoms with Gasteiger partial charge in [0.05, 0.1) is 27.5 Å². The number of hydrogen-bond acceptors (Lipinski definition) is 2. The first-order valence-corrected chi connectivity index (χ1v) is 8.48. The minimum Gasteiger partial charge on any atom is -0.612 e. The third-order valence-corrected chi connectivity index (χ3v) is 4.79. The van der Waals surface area contributed by atoms with E-state index in [0.29, 0.717) is 12.1 Å². The molecule has 0 N–H and O–H groups in total. The zero-order valence-corrected chi connectivity index (χ0v) is 14.3. The fourth-order valence-electron chi connectivity index (χ4n) is 1.90. The van der Waals surface area contributed by atoms with Gasteiger partial charge in [-0.3, -0.25) is 4.57 Å². The summed E-state index contributed by atoms with van der Waals surface area (Å²) >= 11 is 16.3. The van der Waals surface area contributed by atoms with E-state index in [0.717, 1.165) is 4.57 Å². The highest BCUT2D eigenvalue weighted by Crippen LogP contribution is 2.40. The topological polar surface area (TPSA) is 51.8 Å². The fourth-order valence-corrected chi connectivity index (χ4v) is 3.59. The van der Waals surface area contributed by atoms with Gasteiger partial charge in [-0.05, 0) is 23.3 Å². The molecule has 0 aliphatic carbocycles. The molecule has 1 aromatic carbocycles. The molecule has 0 spiro atoms. The molecule has 3 nitrogen and oxygen atoms in total. The van der Waals surface area contributed by atoms with E-state index in [4.69, 9.17) is 40.1 Å². The van der Waals surface area contributed by atoms with Crippen molar-refractivity contribution in [3.8, 4) is 11.8 Å². The molecule has 0 saturated carbocycles. The van der Waals surface area contributed by atoms with Crippen molar-refractivity contribution in [3.63, 3.8) is 0 Å². The second-order valence-electron chi connectivity index (χ2n) is 4.38. The molecule has 0 bridgehead atoms. The Labute approximate surface area is 147 Å². The number of rotatable bonds is 2. The van der Waals surface area contributed by atoms with E-state index in [1.165, 1.54) is 12.5 Å². The van der Waals surface area contributed by atoms with Gasteiger partial charge in [-0.25, -0.2) is 0 Å². The van der Waals surface area contributed by atoms with Gasteiger partial charge in [-0.15, -0.1) is 0 Å². The Morgan fingerprint density at radius 2 is 1.74 bits per heavy atom. The van der Waals surface area contributed by atoms with E-state index in [1.807, 2.05) is 0 Å². The van der Waals surface area contributed by atoms with Crippen LogP contribution >= 0.6 is 34.8 Å². The molecule has 0 saturated heterocycles. The van der Waals surface area contributed by atoms with Crippen LogP contribution in [-0.4, -0.2) is 15.4 Å². The molecule has 122 valence electrons. The molecule has 1 heterocycles. The van der Waals surface area contributed by atoms with Crippen LogP contribution in [0.4, 0.5) is 13.2 Å². The van der Waals surface area contributed by atoms with E-state index >= 15 is 0 Å². The van der Waals surface area contributed by atoms with Crippen molar-refractivity contribution in [1.29, 1.82) is 5.26 Å². The maximum atomic E-state index is 12.8. The lowest BCUT2D eigenvalue weighted by Gasteiger charge is -2.13. The highest BCUT2D eigenvalue weighted by Gasteiger charge is 2.33. The molecule has 2 aromatic rings. The molecule has 10 heteroatoms. The van der Waals surface area contributed by atoms with Gasteiger partial charge in [0.1, 0.15) is 23.0 Å². The third-order valence-electron chi connectivity index (χ3n) is 2.92. The number of nitrogens with zero attached hydrogens (tertiary/aromatic N) is 2. The summed E-state index contributed by atoms with van der Waals surface area (Å²) in [5.74, 6) is 0. The summed E-state index contributed by atoms with van der Waals surface area (Å²) in [6.07, 6.45) is -2.01. The van der Waals surface area contributed by atoms with Crippen LogP contribution in [0.3, 0.4) is 0 Å². The SMILES string of the molecule is C[S+]([O-])c1cn(-c2c(Cl)cc(C(F)(F)F)cc2Cl)c(Cl)c1C#N. The number of alkyl halides is 3. The van der Waals surface area contributed by atoms with Gasteiger partial charge < -0.3 is 4.55 Å². The molecule has 0 aliphatic heterocycles. The number of halogens is 6. The van der Waals surface area contributed by atoms with Crippen LogP contribution in [-0.2, 0) is 17.4 Å².